The van der Waals surface area contributed by atoms with Crippen LogP contribution in [0.4, 0.5) is 26.3 Å². The van der Waals surface area contributed by atoms with E-state index in [-0.39, 0.29) is 18.2 Å². The second-order valence-corrected chi connectivity index (χ2v) is 3.96. The third kappa shape index (κ3) is 4.65. The highest BCUT2D eigenvalue weighted by atomic mass is 35.5. The Bertz CT molecular complexity index is 477. The quantitative estimate of drug-likeness (QED) is 0.832. The Morgan fingerprint density at radius 2 is 1.67 bits per heavy atom. The largest absolute Gasteiger partial charge is 0.497 e. The summed E-state index contributed by atoms with van der Waals surface area (Å²) in [7, 11) is 1.11. The predicted molar refractivity (Wildman–Crippen MR) is 64.2 cm³/mol. The lowest BCUT2D eigenvalue weighted by Gasteiger charge is -2.24. The van der Waals surface area contributed by atoms with Gasteiger partial charge < -0.3 is 15.6 Å². The van der Waals surface area contributed by atoms with E-state index in [1.165, 1.54) is 0 Å². The normalized spacial score (nSPS) is 15.1. The van der Waals surface area contributed by atoms with Gasteiger partial charge in [-0.05, 0) is 17.7 Å². The molecule has 3 N–H and O–H groups in total. The molecule has 1 aromatic carbocycles. The molecule has 21 heavy (non-hydrogen) atoms. The zero-order valence-electron chi connectivity index (χ0n) is 10.5. The Morgan fingerprint density at radius 3 is 2.05 bits per heavy atom. The second kappa shape index (κ2) is 6.71. The highest BCUT2D eigenvalue weighted by molar-refractivity contribution is 5.85. The molecule has 0 amide bonds. The van der Waals surface area contributed by atoms with Crippen LogP contribution in [0.1, 0.15) is 17.2 Å². The van der Waals surface area contributed by atoms with Gasteiger partial charge in [0.25, 0.3) is 0 Å². The maximum absolute atomic E-state index is 12.8. The maximum Gasteiger partial charge on any atom is 0.416 e. The predicted octanol–water partition coefficient (Wildman–Crippen LogP) is 3.06. The molecule has 0 radical (unpaired) electrons. The van der Waals surface area contributed by atoms with Gasteiger partial charge >= 0.3 is 12.4 Å². The third-order valence-electron chi connectivity index (χ3n) is 2.60. The van der Waals surface area contributed by atoms with Gasteiger partial charge in [0, 0.05) is 0 Å². The number of rotatable bonds is 3. The van der Waals surface area contributed by atoms with Crippen LogP contribution in [0.5, 0.6) is 5.75 Å². The molecule has 0 aromatic heterocycles. The van der Waals surface area contributed by atoms with E-state index in [1.807, 2.05) is 0 Å². The van der Waals surface area contributed by atoms with E-state index in [0.29, 0.717) is 6.07 Å². The van der Waals surface area contributed by atoms with Crippen molar-refractivity contribution in [2.75, 3.05) is 7.11 Å². The summed E-state index contributed by atoms with van der Waals surface area (Å²) < 4.78 is 80.0. The summed E-state index contributed by atoms with van der Waals surface area (Å²) in [4.78, 5) is 0. The lowest BCUT2D eigenvalue weighted by molar-refractivity contribution is -0.211. The molecule has 0 spiro atoms. The molecule has 0 unspecified atom stereocenters. The van der Waals surface area contributed by atoms with Crippen molar-refractivity contribution in [3.8, 4) is 5.75 Å². The van der Waals surface area contributed by atoms with Crippen molar-refractivity contribution in [1.82, 2.24) is 0 Å². The first-order valence-electron chi connectivity index (χ1n) is 5.24. The van der Waals surface area contributed by atoms with Gasteiger partial charge in [-0.3, -0.25) is 0 Å². The monoisotopic (exact) mass is 339 g/mol. The fraction of sp³-hybridized carbons (Fsp3) is 0.455. The average Bonchev–Trinajstić information content (AvgIpc) is 2.34. The number of ether oxygens (including phenoxy) is 1. The van der Waals surface area contributed by atoms with Crippen LogP contribution in [0, 0.1) is 0 Å². The Balaban J connectivity index is 0.00000400. The van der Waals surface area contributed by atoms with E-state index in [1.54, 1.807) is 0 Å². The van der Waals surface area contributed by atoms with Crippen molar-refractivity contribution < 1.29 is 36.2 Å². The van der Waals surface area contributed by atoms with E-state index in [4.69, 9.17) is 10.8 Å². The van der Waals surface area contributed by atoms with Crippen LogP contribution in [0.25, 0.3) is 0 Å². The van der Waals surface area contributed by atoms with Crippen molar-refractivity contribution in [3.63, 3.8) is 0 Å². The topological polar surface area (TPSA) is 55.5 Å². The molecule has 0 heterocycles. The fourth-order valence-corrected chi connectivity index (χ4v) is 1.57. The molecular formula is C11H12ClF6NO2. The molecule has 0 aliphatic carbocycles. The summed E-state index contributed by atoms with van der Waals surface area (Å²) in [5, 5.41) is 8.98. The molecule has 10 heteroatoms. The highest BCUT2D eigenvalue weighted by Gasteiger charge is 2.45. The number of halogens is 7. The Labute approximate surface area is 122 Å². The van der Waals surface area contributed by atoms with Crippen molar-refractivity contribution >= 4 is 12.4 Å². The number of methoxy groups -OCH3 is 1. The number of hydrogen-bond donors (Lipinski definition) is 2. The van der Waals surface area contributed by atoms with E-state index >= 15 is 0 Å². The first-order chi connectivity index (χ1) is 8.98. The first-order valence-corrected chi connectivity index (χ1v) is 5.24. The number of aliphatic hydroxyl groups excluding tert-OH is 1. The van der Waals surface area contributed by atoms with Crippen LogP contribution in [-0.2, 0) is 6.18 Å². The summed E-state index contributed by atoms with van der Waals surface area (Å²) >= 11 is 0. The summed E-state index contributed by atoms with van der Waals surface area (Å²) in [6.45, 7) is 0. The first kappa shape index (κ1) is 19.8. The molecule has 1 rings (SSSR count). The minimum absolute atomic E-state index is 0. The molecule has 0 aliphatic heterocycles. The molecule has 2 atom stereocenters. The molecular weight excluding hydrogens is 328 g/mol. The summed E-state index contributed by atoms with van der Waals surface area (Å²) in [5.41, 5.74) is 2.86. The fourth-order valence-electron chi connectivity index (χ4n) is 1.57. The summed E-state index contributed by atoms with van der Waals surface area (Å²) in [6.07, 6.45) is -13.1. The van der Waals surface area contributed by atoms with E-state index < -0.39 is 35.6 Å². The summed E-state index contributed by atoms with van der Waals surface area (Å²) in [5.74, 6) is -0.185. The van der Waals surface area contributed by atoms with Gasteiger partial charge in [0.2, 0.25) is 0 Å². The van der Waals surface area contributed by atoms with Crippen molar-refractivity contribution in [3.05, 3.63) is 29.3 Å². The molecule has 122 valence electrons. The van der Waals surface area contributed by atoms with Gasteiger partial charge in [0.1, 0.15) is 5.75 Å². The van der Waals surface area contributed by atoms with Gasteiger partial charge in [-0.2, -0.15) is 26.3 Å². The van der Waals surface area contributed by atoms with Crippen LogP contribution >= 0.6 is 12.4 Å². The maximum atomic E-state index is 12.8. The highest BCUT2D eigenvalue weighted by Crippen LogP contribution is 2.39. The van der Waals surface area contributed by atoms with Gasteiger partial charge in [-0.1, -0.05) is 6.07 Å². The average molecular weight is 340 g/mol. The van der Waals surface area contributed by atoms with Crippen LogP contribution in [0.2, 0.25) is 0 Å². The number of nitrogens with two attached hydrogens (primary N) is 1. The van der Waals surface area contributed by atoms with Crippen molar-refractivity contribution in [2.24, 2.45) is 5.73 Å². The molecule has 1 aromatic rings. The Hall–Kier alpha value is -1.19. The van der Waals surface area contributed by atoms with Crippen LogP contribution in [0.15, 0.2) is 18.2 Å². The molecule has 3 nitrogen and oxygen atoms in total. The van der Waals surface area contributed by atoms with Crippen molar-refractivity contribution in [2.45, 2.75) is 24.5 Å². The van der Waals surface area contributed by atoms with Gasteiger partial charge in [-0.25, -0.2) is 0 Å². The number of aliphatic hydroxyl groups is 1. The van der Waals surface area contributed by atoms with Gasteiger partial charge in [0.05, 0.1) is 18.7 Å². The number of alkyl halides is 6. The second-order valence-electron chi connectivity index (χ2n) is 3.96. The van der Waals surface area contributed by atoms with Crippen LogP contribution < -0.4 is 10.5 Å². The molecule has 0 saturated carbocycles. The molecule has 0 saturated heterocycles. The third-order valence-corrected chi connectivity index (χ3v) is 2.60. The standard InChI is InChI=1S/C11H11F6NO2.ClH/c1-20-5-2-3-6(7(4-5)10(12,13)14)8(18)9(19)11(15,16)17;/h2-4,8-9,19H,18H2,1H3;1H/t8-,9-;/m1./s1. The zero-order chi connectivity index (χ0) is 15.7. The smallest absolute Gasteiger partial charge is 0.416 e. The lowest BCUT2D eigenvalue weighted by atomic mass is 9.96. The molecule has 0 bridgehead atoms. The number of benzene rings is 1. The van der Waals surface area contributed by atoms with Crippen molar-refractivity contribution in [1.29, 1.82) is 0 Å². The zero-order valence-corrected chi connectivity index (χ0v) is 11.3. The summed E-state index contributed by atoms with van der Waals surface area (Å²) in [6, 6.07) is 0.0603. The van der Waals surface area contributed by atoms with Gasteiger partial charge in [0.15, 0.2) is 6.10 Å². The van der Waals surface area contributed by atoms with Crippen LogP contribution in [0.3, 0.4) is 0 Å². The lowest BCUT2D eigenvalue weighted by Crippen LogP contribution is -2.39. The van der Waals surface area contributed by atoms with E-state index in [0.717, 1.165) is 19.2 Å². The minimum atomic E-state index is -5.12. The van der Waals surface area contributed by atoms with Crippen LogP contribution in [-0.4, -0.2) is 24.5 Å². The van der Waals surface area contributed by atoms with Gasteiger partial charge in [-0.15, -0.1) is 12.4 Å². The van der Waals surface area contributed by atoms with E-state index in [2.05, 4.69) is 4.74 Å². The van der Waals surface area contributed by atoms with E-state index in [9.17, 15) is 26.3 Å². The number of hydrogen-bond acceptors (Lipinski definition) is 3. The molecule has 0 fully saturated rings. The minimum Gasteiger partial charge on any atom is -0.497 e. The Kier molecular flexibility index (Phi) is 6.33. The SMILES string of the molecule is COc1ccc([C@@H](N)[C@@H](O)C(F)(F)F)c(C(F)(F)F)c1.Cl. The molecule has 0 aliphatic rings. The Morgan fingerprint density at radius 1 is 1.14 bits per heavy atom.